The van der Waals surface area contributed by atoms with Crippen LogP contribution in [0, 0.1) is 12.3 Å². The van der Waals surface area contributed by atoms with Gasteiger partial charge >= 0.3 is 0 Å². The highest BCUT2D eigenvalue weighted by molar-refractivity contribution is 9.10. The van der Waals surface area contributed by atoms with Crippen LogP contribution in [-0.4, -0.2) is 10.9 Å². The standard InChI is InChI=1S/C17H19BrN2O/c1-11-8-9-14(20-16(21)17(2,3)4)12(10-11)13-6-5-7-15(18)19-13/h5-10H,1-4H3,(H,20,21). The number of pyridine rings is 1. The zero-order valence-corrected chi connectivity index (χ0v) is 14.3. The first-order valence-corrected chi connectivity index (χ1v) is 7.62. The van der Waals surface area contributed by atoms with Gasteiger partial charge in [-0.25, -0.2) is 4.98 Å². The molecule has 110 valence electrons. The van der Waals surface area contributed by atoms with E-state index < -0.39 is 5.41 Å². The fourth-order valence-electron chi connectivity index (χ4n) is 1.85. The van der Waals surface area contributed by atoms with Crippen LogP contribution >= 0.6 is 15.9 Å². The molecule has 1 amide bonds. The number of nitrogens with one attached hydrogen (secondary N) is 1. The van der Waals surface area contributed by atoms with E-state index in [-0.39, 0.29) is 5.91 Å². The van der Waals surface area contributed by atoms with Gasteiger partial charge in [0.2, 0.25) is 5.91 Å². The van der Waals surface area contributed by atoms with E-state index in [2.05, 4.69) is 26.2 Å². The summed E-state index contributed by atoms with van der Waals surface area (Å²) in [6, 6.07) is 11.7. The molecule has 0 fully saturated rings. The summed E-state index contributed by atoms with van der Waals surface area (Å²) in [5.41, 5.74) is 3.23. The Balaban J connectivity index is 2.46. The van der Waals surface area contributed by atoms with Crippen molar-refractivity contribution in [1.29, 1.82) is 0 Å². The number of aryl methyl sites for hydroxylation is 1. The number of benzene rings is 1. The summed E-state index contributed by atoms with van der Waals surface area (Å²) in [7, 11) is 0. The molecule has 4 heteroatoms. The normalized spacial score (nSPS) is 11.3. The van der Waals surface area contributed by atoms with Crippen LogP contribution in [0.25, 0.3) is 11.3 Å². The number of anilines is 1. The molecule has 1 N–H and O–H groups in total. The molecule has 0 aliphatic heterocycles. The second-order valence-corrected chi connectivity index (χ2v) is 6.91. The van der Waals surface area contributed by atoms with Crippen LogP contribution in [0.1, 0.15) is 26.3 Å². The lowest BCUT2D eigenvalue weighted by Crippen LogP contribution is -2.27. The number of halogens is 1. The molecule has 2 rings (SSSR count). The lowest BCUT2D eigenvalue weighted by molar-refractivity contribution is -0.123. The third kappa shape index (κ3) is 3.91. The van der Waals surface area contributed by atoms with Gasteiger partial charge in [-0.1, -0.05) is 38.5 Å². The van der Waals surface area contributed by atoms with Crippen LogP contribution < -0.4 is 5.32 Å². The smallest absolute Gasteiger partial charge is 0.229 e. The van der Waals surface area contributed by atoms with Gasteiger partial charge in [0, 0.05) is 11.0 Å². The second kappa shape index (κ2) is 5.98. The summed E-state index contributed by atoms with van der Waals surface area (Å²) in [4.78, 5) is 16.7. The number of rotatable bonds is 2. The zero-order chi connectivity index (χ0) is 15.6. The predicted octanol–water partition coefficient (Wildman–Crippen LogP) is 4.80. The van der Waals surface area contributed by atoms with E-state index in [9.17, 15) is 4.79 Å². The van der Waals surface area contributed by atoms with Gasteiger partial charge in [-0.05, 0) is 47.1 Å². The molecule has 1 aromatic carbocycles. The average molecular weight is 347 g/mol. The van der Waals surface area contributed by atoms with E-state index in [1.54, 1.807) is 0 Å². The first-order valence-electron chi connectivity index (χ1n) is 6.82. The Kier molecular flexibility index (Phi) is 4.47. The van der Waals surface area contributed by atoms with E-state index in [1.807, 2.05) is 64.1 Å². The molecule has 0 unspecified atom stereocenters. The van der Waals surface area contributed by atoms with Crippen molar-refractivity contribution in [3.63, 3.8) is 0 Å². The summed E-state index contributed by atoms with van der Waals surface area (Å²) >= 11 is 3.39. The molecule has 0 spiro atoms. The van der Waals surface area contributed by atoms with Crippen LogP contribution in [0.2, 0.25) is 0 Å². The Labute approximate surface area is 133 Å². The summed E-state index contributed by atoms with van der Waals surface area (Å²) in [6.07, 6.45) is 0. The third-order valence-corrected chi connectivity index (χ3v) is 3.54. The molecule has 21 heavy (non-hydrogen) atoms. The lowest BCUT2D eigenvalue weighted by Gasteiger charge is -2.19. The summed E-state index contributed by atoms with van der Waals surface area (Å²) in [6.45, 7) is 7.71. The van der Waals surface area contributed by atoms with Crippen molar-refractivity contribution in [2.45, 2.75) is 27.7 Å². The largest absolute Gasteiger partial charge is 0.325 e. The number of carbonyl (C=O) groups excluding carboxylic acids is 1. The number of aromatic nitrogens is 1. The van der Waals surface area contributed by atoms with Crippen molar-refractivity contribution in [3.8, 4) is 11.3 Å². The molecule has 1 heterocycles. The number of carbonyl (C=O) groups is 1. The van der Waals surface area contributed by atoms with Crippen LogP contribution in [0.15, 0.2) is 41.0 Å². The maximum Gasteiger partial charge on any atom is 0.229 e. The molecule has 0 bridgehead atoms. The van der Waals surface area contributed by atoms with Gasteiger partial charge in [0.15, 0.2) is 0 Å². The van der Waals surface area contributed by atoms with Crippen LogP contribution in [0.3, 0.4) is 0 Å². The molecule has 2 aromatic rings. The van der Waals surface area contributed by atoms with Crippen molar-refractivity contribution in [2.24, 2.45) is 5.41 Å². The average Bonchev–Trinajstić information content (AvgIpc) is 2.39. The zero-order valence-electron chi connectivity index (χ0n) is 12.7. The van der Waals surface area contributed by atoms with Crippen LogP contribution in [-0.2, 0) is 4.79 Å². The number of nitrogens with zero attached hydrogens (tertiary/aromatic N) is 1. The molecule has 0 atom stereocenters. The maximum absolute atomic E-state index is 12.2. The van der Waals surface area contributed by atoms with E-state index in [1.165, 1.54) is 0 Å². The maximum atomic E-state index is 12.2. The van der Waals surface area contributed by atoms with Gasteiger partial charge in [-0.3, -0.25) is 4.79 Å². The first-order chi connectivity index (χ1) is 9.77. The Morgan fingerprint density at radius 3 is 2.52 bits per heavy atom. The van der Waals surface area contributed by atoms with Gasteiger partial charge in [-0.2, -0.15) is 0 Å². The fraction of sp³-hybridized carbons (Fsp3) is 0.294. The third-order valence-electron chi connectivity index (χ3n) is 3.10. The molecule has 1 aromatic heterocycles. The van der Waals surface area contributed by atoms with E-state index in [4.69, 9.17) is 0 Å². The summed E-state index contributed by atoms with van der Waals surface area (Å²) in [5, 5.41) is 3.00. The molecule has 0 aliphatic rings. The highest BCUT2D eigenvalue weighted by Crippen LogP contribution is 2.30. The van der Waals surface area contributed by atoms with Gasteiger partial charge in [0.05, 0.1) is 11.4 Å². The van der Waals surface area contributed by atoms with Gasteiger partial charge in [0.25, 0.3) is 0 Å². The van der Waals surface area contributed by atoms with E-state index >= 15 is 0 Å². The fourth-order valence-corrected chi connectivity index (χ4v) is 2.19. The van der Waals surface area contributed by atoms with Crippen LogP contribution in [0.4, 0.5) is 5.69 Å². The minimum absolute atomic E-state index is 0.0115. The summed E-state index contributed by atoms with van der Waals surface area (Å²) < 4.78 is 0.773. The minimum Gasteiger partial charge on any atom is -0.325 e. The van der Waals surface area contributed by atoms with Crippen molar-refractivity contribution in [2.75, 3.05) is 5.32 Å². The van der Waals surface area contributed by atoms with E-state index in [0.717, 1.165) is 27.1 Å². The molecule has 0 aliphatic carbocycles. The number of hydrogen-bond acceptors (Lipinski definition) is 2. The molecule has 0 saturated carbocycles. The number of amides is 1. The molecule has 3 nitrogen and oxygen atoms in total. The van der Waals surface area contributed by atoms with E-state index in [0.29, 0.717) is 0 Å². The van der Waals surface area contributed by atoms with Crippen molar-refractivity contribution < 1.29 is 4.79 Å². The van der Waals surface area contributed by atoms with Crippen molar-refractivity contribution in [1.82, 2.24) is 4.98 Å². The highest BCUT2D eigenvalue weighted by Gasteiger charge is 2.22. The quantitative estimate of drug-likeness (QED) is 0.793. The van der Waals surface area contributed by atoms with Gasteiger partial charge < -0.3 is 5.32 Å². The van der Waals surface area contributed by atoms with Gasteiger partial charge in [0.1, 0.15) is 4.60 Å². The van der Waals surface area contributed by atoms with Crippen molar-refractivity contribution in [3.05, 3.63) is 46.6 Å². The first kappa shape index (κ1) is 15.7. The number of hydrogen-bond donors (Lipinski definition) is 1. The van der Waals surface area contributed by atoms with Crippen LogP contribution in [0.5, 0.6) is 0 Å². The molecule has 0 radical (unpaired) electrons. The monoisotopic (exact) mass is 346 g/mol. The Bertz CT molecular complexity index is 675. The Hall–Kier alpha value is -1.68. The molecular formula is C17H19BrN2O. The van der Waals surface area contributed by atoms with Crippen molar-refractivity contribution >= 4 is 27.5 Å². The SMILES string of the molecule is Cc1ccc(NC(=O)C(C)(C)C)c(-c2cccc(Br)n2)c1. The highest BCUT2D eigenvalue weighted by atomic mass is 79.9. The summed E-state index contributed by atoms with van der Waals surface area (Å²) in [5.74, 6) is -0.0115. The predicted molar refractivity (Wildman–Crippen MR) is 90.2 cm³/mol. The minimum atomic E-state index is -0.438. The topological polar surface area (TPSA) is 42.0 Å². The van der Waals surface area contributed by atoms with Gasteiger partial charge in [-0.15, -0.1) is 0 Å². The lowest BCUT2D eigenvalue weighted by atomic mass is 9.95. The second-order valence-electron chi connectivity index (χ2n) is 6.10. The molecule has 0 saturated heterocycles. The molecular weight excluding hydrogens is 328 g/mol. The Morgan fingerprint density at radius 2 is 1.90 bits per heavy atom. The Morgan fingerprint density at radius 1 is 1.19 bits per heavy atom.